The minimum Gasteiger partial charge on any atom is -0.443 e. The quantitative estimate of drug-likeness (QED) is 0.806. The number of nitrogens with two attached hydrogens (primary N) is 1. The van der Waals surface area contributed by atoms with Gasteiger partial charge in [-0.3, -0.25) is 4.98 Å². The number of amides is 2. The summed E-state index contributed by atoms with van der Waals surface area (Å²) in [5.41, 5.74) is 9.52. The summed E-state index contributed by atoms with van der Waals surface area (Å²) < 4.78 is 10.8. The SMILES string of the molecule is CC(C)(C)OC(=O)N1C(=O)OC2CCN(c3c(N)cnc4c3CCC4)CC21. The number of ether oxygens (including phenoxy) is 2. The molecule has 2 unspecified atom stereocenters. The summed E-state index contributed by atoms with van der Waals surface area (Å²) in [6, 6.07) is -0.384. The van der Waals surface area contributed by atoms with E-state index in [2.05, 4.69) is 9.88 Å². The Morgan fingerprint density at radius 3 is 2.89 bits per heavy atom. The van der Waals surface area contributed by atoms with Gasteiger partial charge in [0, 0.05) is 25.2 Å². The van der Waals surface area contributed by atoms with Gasteiger partial charge in [-0.1, -0.05) is 0 Å². The highest BCUT2D eigenvalue weighted by Crippen LogP contribution is 2.38. The summed E-state index contributed by atoms with van der Waals surface area (Å²) in [7, 11) is 0. The second kappa shape index (κ2) is 6.28. The number of carbonyl (C=O) groups is 2. The molecule has 2 fully saturated rings. The van der Waals surface area contributed by atoms with Gasteiger partial charge in [-0.25, -0.2) is 14.5 Å². The highest BCUT2D eigenvalue weighted by molar-refractivity contribution is 5.90. The van der Waals surface area contributed by atoms with Crippen molar-refractivity contribution in [2.24, 2.45) is 0 Å². The van der Waals surface area contributed by atoms with Gasteiger partial charge in [0.2, 0.25) is 0 Å². The molecule has 8 heteroatoms. The number of carbonyl (C=O) groups excluding carboxylic acids is 2. The molecule has 0 saturated carbocycles. The first-order valence-corrected chi connectivity index (χ1v) is 9.48. The Morgan fingerprint density at radius 2 is 2.15 bits per heavy atom. The summed E-state index contributed by atoms with van der Waals surface area (Å²) in [6.45, 7) is 6.53. The highest BCUT2D eigenvalue weighted by Gasteiger charge is 2.50. The van der Waals surface area contributed by atoms with Crippen molar-refractivity contribution in [3.63, 3.8) is 0 Å². The Bertz CT molecular complexity index is 789. The molecule has 1 aliphatic carbocycles. The van der Waals surface area contributed by atoms with Crippen LogP contribution in [0.15, 0.2) is 6.20 Å². The van der Waals surface area contributed by atoms with E-state index in [1.807, 2.05) is 0 Å². The van der Waals surface area contributed by atoms with E-state index in [-0.39, 0.29) is 12.1 Å². The molecule has 1 aromatic heterocycles. The van der Waals surface area contributed by atoms with Gasteiger partial charge in [-0.2, -0.15) is 0 Å². The van der Waals surface area contributed by atoms with Gasteiger partial charge in [0.05, 0.1) is 17.6 Å². The lowest BCUT2D eigenvalue weighted by Crippen LogP contribution is -2.53. The fourth-order valence-electron chi connectivity index (χ4n) is 4.22. The van der Waals surface area contributed by atoms with Crippen LogP contribution < -0.4 is 10.6 Å². The van der Waals surface area contributed by atoms with E-state index in [0.29, 0.717) is 18.7 Å². The largest absolute Gasteiger partial charge is 0.443 e. The molecule has 146 valence electrons. The number of hydrogen-bond acceptors (Lipinski definition) is 7. The lowest BCUT2D eigenvalue weighted by atomic mass is 10.00. The summed E-state index contributed by atoms with van der Waals surface area (Å²) in [5.74, 6) is 0. The first-order valence-electron chi connectivity index (χ1n) is 9.48. The lowest BCUT2D eigenvalue weighted by Gasteiger charge is -2.38. The third-order valence-corrected chi connectivity index (χ3v) is 5.31. The third-order valence-electron chi connectivity index (χ3n) is 5.31. The first kappa shape index (κ1) is 17.9. The molecule has 3 aliphatic rings. The number of rotatable bonds is 1. The van der Waals surface area contributed by atoms with Crippen molar-refractivity contribution in [1.29, 1.82) is 0 Å². The van der Waals surface area contributed by atoms with Crippen molar-refractivity contribution in [1.82, 2.24) is 9.88 Å². The van der Waals surface area contributed by atoms with Crippen LogP contribution in [0.3, 0.4) is 0 Å². The van der Waals surface area contributed by atoms with Gasteiger partial charge < -0.3 is 20.1 Å². The van der Waals surface area contributed by atoms with Crippen LogP contribution >= 0.6 is 0 Å². The number of fused-ring (bicyclic) bond motifs is 2. The zero-order valence-corrected chi connectivity index (χ0v) is 16.0. The van der Waals surface area contributed by atoms with Crippen LogP contribution in [0.1, 0.15) is 44.9 Å². The normalized spacial score (nSPS) is 24.5. The van der Waals surface area contributed by atoms with Crippen molar-refractivity contribution in [3.05, 3.63) is 17.5 Å². The van der Waals surface area contributed by atoms with Crippen LogP contribution in [0.4, 0.5) is 21.0 Å². The number of anilines is 2. The average molecular weight is 374 g/mol. The zero-order valence-electron chi connectivity index (χ0n) is 16.0. The number of piperidine rings is 1. The number of aromatic nitrogens is 1. The number of nitrogen functional groups attached to an aromatic ring is 1. The smallest absolute Gasteiger partial charge is 0.420 e. The standard InChI is InChI=1S/C19H26N4O4/c1-19(2,3)27-18(25)23-14-10-22(8-7-15(14)26-17(23)24)16-11-5-4-6-13(11)21-9-12(16)20/h9,14-15H,4-8,10,20H2,1-3H3. The van der Waals surface area contributed by atoms with Crippen LogP contribution in [0, 0.1) is 0 Å². The minimum atomic E-state index is -0.680. The van der Waals surface area contributed by atoms with Crippen molar-refractivity contribution in [2.75, 3.05) is 23.7 Å². The second-order valence-corrected chi connectivity index (χ2v) is 8.42. The van der Waals surface area contributed by atoms with Gasteiger partial charge in [0.1, 0.15) is 17.7 Å². The van der Waals surface area contributed by atoms with Gasteiger partial charge >= 0.3 is 12.2 Å². The molecule has 0 bridgehead atoms. The molecular weight excluding hydrogens is 348 g/mol. The fourth-order valence-corrected chi connectivity index (χ4v) is 4.22. The molecule has 0 aromatic carbocycles. The van der Waals surface area contributed by atoms with E-state index in [9.17, 15) is 9.59 Å². The van der Waals surface area contributed by atoms with Crippen molar-refractivity contribution in [3.8, 4) is 0 Å². The van der Waals surface area contributed by atoms with Crippen LogP contribution in [0.25, 0.3) is 0 Å². The fraction of sp³-hybridized carbons (Fsp3) is 0.632. The predicted octanol–water partition coefficient (Wildman–Crippen LogP) is 2.49. The summed E-state index contributed by atoms with van der Waals surface area (Å²) >= 11 is 0. The lowest BCUT2D eigenvalue weighted by molar-refractivity contribution is 0.0285. The molecule has 0 radical (unpaired) electrons. The molecule has 3 heterocycles. The molecule has 4 rings (SSSR count). The summed E-state index contributed by atoms with van der Waals surface area (Å²) in [5, 5.41) is 0. The van der Waals surface area contributed by atoms with E-state index >= 15 is 0 Å². The molecule has 8 nitrogen and oxygen atoms in total. The van der Waals surface area contributed by atoms with Crippen molar-refractivity contribution in [2.45, 2.75) is 64.2 Å². The van der Waals surface area contributed by atoms with E-state index in [0.717, 1.165) is 42.1 Å². The number of nitrogens with zero attached hydrogens (tertiary/aromatic N) is 3. The van der Waals surface area contributed by atoms with Crippen LogP contribution in [-0.4, -0.2) is 52.9 Å². The molecule has 2 atom stereocenters. The molecular formula is C19H26N4O4. The molecule has 2 amide bonds. The molecule has 0 spiro atoms. The molecule has 27 heavy (non-hydrogen) atoms. The summed E-state index contributed by atoms with van der Waals surface area (Å²) in [4.78, 5) is 32.6. The Kier molecular flexibility index (Phi) is 4.16. The van der Waals surface area contributed by atoms with E-state index in [1.165, 1.54) is 5.56 Å². The topological polar surface area (TPSA) is 98.0 Å². The van der Waals surface area contributed by atoms with E-state index < -0.39 is 17.8 Å². The monoisotopic (exact) mass is 374 g/mol. The Hall–Kier alpha value is -2.51. The predicted molar refractivity (Wildman–Crippen MR) is 99.6 cm³/mol. The second-order valence-electron chi connectivity index (χ2n) is 8.42. The highest BCUT2D eigenvalue weighted by atomic mass is 16.6. The Labute approximate surface area is 158 Å². The van der Waals surface area contributed by atoms with Gasteiger partial charge in [0.15, 0.2) is 0 Å². The molecule has 2 N–H and O–H groups in total. The van der Waals surface area contributed by atoms with E-state index in [4.69, 9.17) is 15.2 Å². The van der Waals surface area contributed by atoms with Crippen LogP contribution in [-0.2, 0) is 22.3 Å². The molecule has 2 aliphatic heterocycles. The van der Waals surface area contributed by atoms with Crippen molar-refractivity contribution < 1.29 is 19.1 Å². The van der Waals surface area contributed by atoms with E-state index in [1.54, 1.807) is 27.0 Å². The molecule has 1 aromatic rings. The summed E-state index contributed by atoms with van der Waals surface area (Å²) in [6.07, 6.45) is 3.76. The third kappa shape index (κ3) is 3.17. The number of imide groups is 1. The zero-order chi connectivity index (χ0) is 19.3. The maximum absolute atomic E-state index is 12.6. The molecule has 2 saturated heterocycles. The minimum absolute atomic E-state index is 0.308. The van der Waals surface area contributed by atoms with Crippen molar-refractivity contribution >= 4 is 23.6 Å². The maximum atomic E-state index is 12.6. The van der Waals surface area contributed by atoms with Crippen LogP contribution in [0.2, 0.25) is 0 Å². The van der Waals surface area contributed by atoms with Gasteiger partial charge in [-0.15, -0.1) is 0 Å². The number of hydrogen-bond donors (Lipinski definition) is 1. The Morgan fingerprint density at radius 1 is 1.37 bits per heavy atom. The van der Waals surface area contributed by atoms with Crippen LogP contribution in [0.5, 0.6) is 0 Å². The Balaban J connectivity index is 1.60. The average Bonchev–Trinajstić information content (AvgIpc) is 3.15. The number of aryl methyl sites for hydroxylation is 1. The van der Waals surface area contributed by atoms with Gasteiger partial charge in [0.25, 0.3) is 0 Å². The maximum Gasteiger partial charge on any atom is 0.420 e. The van der Waals surface area contributed by atoms with Gasteiger partial charge in [-0.05, 0) is 45.6 Å². The first-order chi connectivity index (χ1) is 12.7. The number of pyridine rings is 1.